The van der Waals surface area contributed by atoms with E-state index >= 15 is 0 Å². The van der Waals surface area contributed by atoms with Crippen LogP contribution in [-0.2, 0) is 19.5 Å². The second-order valence-electron chi connectivity index (χ2n) is 6.02. The molecule has 3 aromatic rings. The van der Waals surface area contributed by atoms with Gasteiger partial charge in [0.2, 0.25) is 5.95 Å². The number of hydrogen-bond acceptors (Lipinski definition) is 6. The smallest absolute Gasteiger partial charge is 0.223 e. The van der Waals surface area contributed by atoms with Crippen LogP contribution in [0.2, 0.25) is 0 Å². The molecule has 0 aromatic carbocycles. The first kappa shape index (κ1) is 17.1. The van der Waals surface area contributed by atoms with Gasteiger partial charge in [0, 0.05) is 30.1 Å². The van der Waals surface area contributed by atoms with Gasteiger partial charge in [0.05, 0.1) is 24.1 Å². The van der Waals surface area contributed by atoms with Crippen LogP contribution >= 0.6 is 0 Å². The Morgan fingerprint density at radius 3 is 2.92 bits per heavy atom. The minimum Gasteiger partial charge on any atom is -0.359 e. The third-order valence-electron chi connectivity index (χ3n) is 4.00. The van der Waals surface area contributed by atoms with Crippen molar-refractivity contribution in [2.75, 3.05) is 5.32 Å². The maximum atomic E-state index is 5.32. The molecule has 0 unspecified atom stereocenters. The molecular weight excluding hydrogens is 316 g/mol. The zero-order valence-electron chi connectivity index (χ0n) is 15.0. The number of aryl methyl sites for hydroxylation is 2. The van der Waals surface area contributed by atoms with E-state index in [2.05, 4.69) is 46.3 Å². The first-order valence-electron chi connectivity index (χ1n) is 8.75. The topological polar surface area (TPSA) is 81.7 Å². The largest absolute Gasteiger partial charge is 0.359 e. The van der Waals surface area contributed by atoms with E-state index in [1.54, 1.807) is 6.20 Å². The summed E-state index contributed by atoms with van der Waals surface area (Å²) >= 11 is 0. The van der Waals surface area contributed by atoms with Gasteiger partial charge in [-0.15, -0.1) is 0 Å². The number of rotatable bonds is 8. The van der Waals surface area contributed by atoms with Crippen molar-refractivity contribution in [2.24, 2.45) is 0 Å². The lowest BCUT2D eigenvalue weighted by molar-refractivity contribution is 0.381. The van der Waals surface area contributed by atoms with Crippen molar-refractivity contribution in [1.82, 2.24) is 24.9 Å². The van der Waals surface area contributed by atoms with Crippen molar-refractivity contribution in [1.29, 1.82) is 0 Å². The van der Waals surface area contributed by atoms with E-state index in [0.717, 1.165) is 54.2 Å². The highest BCUT2D eigenvalue weighted by Gasteiger charge is 2.11. The van der Waals surface area contributed by atoms with E-state index in [9.17, 15) is 0 Å². The van der Waals surface area contributed by atoms with Gasteiger partial charge in [-0.1, -0.05) is 25.4 Å². The van der Waals surface area contributed by atoms with Gasteiger partial charge in [-0.3, -0.25) is 4.68 Å². The Morgan fingerprint density at radius 1 is 1.24 bits per heavy atom. The first-order chi connectivity index (χ1) is 12.2. The summed E-state index contributed by atoms with van der Waals surface area (Å²) in [4.78, 5) is 8.88. The normalized spacial score (nSPS) is 11.0. The van der Waals surface area contributed by atoms with Gasteiger partial charge in [-0.25, -0.2) is 9.97 Å². The molecule has 0 saturated carbocycles. The van der Waals surface area contributed by atoms with Crippen molar-refractivity contribution < 1.29 is 4.52 Å². The molecule has 7 nitrogen and oxygen atoms in total. The Bertz CT molecular complexity index is 823. The first-order valence-corrected chi connectivity index (χ1v) is 8.75. The Hall–Kier alpha value is -2.70. The average molecular weight is 340 g/mol. The van der Waals surface area contributed by atoms with E-state index in [0.29, 0.717) is 12.5 Å². The SMILES string of the molecule is CCCc1cc(CNc2nccc(-c3cnn(CCC)c3C)n2)on1. The van der Waals surface area contributed by atoms with Crippen molar-refractivity contribution in [3.8, 4) is 11.3 Å². The van der Waals surface area contributed by atoms with Gasteiger partial charge < -0.3 is 9.84 Å². The molecule has 0 amide bonds. The fraction of sp³-hybridized carbons (Fsp3) is 0.444. The van der Waals surface area contributed by atoms with Gasteiger partial charge in [-0.05, 0) is 25.8 Å². The summed E-state index contributed by atoms with van der Waals surface area (Å²) in [6.45, 7) is 7.75. The summed E-state index contributed by atoms with van der Waals surface area (Å²) in [6, 6.07) is 3.87. The molecule has 1 N–H and O–H groups in total. The predicted molar refractivity (Wildman–Crippen MR) is 96.1 cm³/mol. The Morgan fingerprint density at radius 2 is 2.12 bits per heavy atom. The number of nitrogens with zero attached hydrogens (tertiary/aromatic N) is 5. The summed E-state index contributed by atoms with van der Waals surface area (Å²) in [5.74, 6) is 1.35. The summed E-state index contributed by atoms with van der Waals surface area (Å²) in [6.07, 6.45) is 6.65. The summed E-state index contributed by atoms with van der Waals surface area (Å²) < 4.78 is 7.33. The molecule has 0 atom stereocenters. The van der Waals surface area contributed by atoms with Crippen LogP contribution in [-0.4, -0.2) is 24.9 Å². The second kappa shape index (κ2) is 7.92. The molecule has 7 heteroatoms. The molecule has 0 spiro atoms. The van der Waals surface area contributed by atoms with Crippen molar-refractivity contribution in [3.05, 3.63) is 41.7 Å². The quantitative estimate of drug-likeness (QED) is 0.674. The summed E-state index contributed by atoms with van der Waals surface area (Å²) in [7, 11) is 0. The summed E-state index contributed by atoms with van der Waals surface area (Å²) in [5.41, 5.74) is 3.99. The van der Waals surface area contributed by atoms with Crippen LogP contribution in [0.3, 0.4) is 0 Å². The standard InChI is InChI=1S/C18H24N6O/c1-4-6-14-10-15(25-23-14)11-20-18-19-8-7-17(22-18)16-12-21-24(9-5-2)13(16)3/h7-8,10,12H,4-6,9,11H2,1-3H3,(H,19,20,22). The molecule has 0 saturated heterocycles. The van der Waals surface area contributed by atoms with Crippen LogP contribution in [0.1, 0.15) is 43.8 Å². The van der Waals surface area contributed by atoms with Crippen LogP contribution in [0.5, 0.6) is 0 Å². The Balaban J connectivity index is 1.70. The lowest BCUT2D eigenvalue weighted by Gasteiger charge is -2.06. The predicted octanol–water partition coefficient (Wildman–Crippen LogP) is 3.61. The average Bonchev–Trinajstić information content (AvgIpc) is 3.21. The van der Waals surface area contributed by atoms with Crippen LogP contribution in [0.25, 0.3) is 11.3 Å². The van der Waals surface area contributed by atoms with Gasteiger partial charge in [0.1, 0.15) is 0 Å². The number of aromatic nitrogens is 5. The highest BCUT2D eigenvalue weighted by Crippen LogP contribution is 2.22. The van der Waals surface area contributed by atoms with Crippen molar-refractivity contribution >= 4 is 5.95 Å². The van der Waals surface area contributed by atoms with Gasteiger partial charge in [0.15, 0.2) is 5.76 Å². The molecule has 0 aliphatic heterocycles. The van der Waals surface area contributed by atoms with Crippen LogP contribution in [0, 0.1) is 6.92 Å². The highest BCUT2D eigenvalue weighted by atomic mass is 16.5. The van der Waals surface area contributed by atoms with Crippen molar-refractivity contribution in [3.63, 3.8) is 0 Å². The molecule has 0 aliphatic carbocycles. The third kappa shape index (κ3) is 4.04. The lowest BCUT2D eigenvalue weighted by Crippen LogP contribution is -2.04. The van der Waals surface area contributed by atoms with Crippen LogP contribution in [0.4, 0.5) is 5.95 Å². The van der Waals surface area contributed by atoms with Crippen molar-refractivity contribution in [2.45, 2.75) is 53.1 Å². The van der Waals surface area contributed by atoms with E-state index in [1.165, 1.54) is 0 Å². The molecule has 3 rings (SSSR count). The number of hydrogen-bond donors (Lipinski definition) is 1. The molecule has 132 valence electrons. The second-order valence-corrected chi connectivity index (χ2v) is 6.02. The maximum Gasteiger partial charge on any atom is 0.223 e. The zero-order valence-corrected chi connectivity index (χ0v) is 15.0. The molecule has 3 heterocycles. The van der Waals surface area contributed by atoms with Gasteiger partial charge in [0.25, 0.3) is 0 Å². The van der Waals surface area contributed by atoms with E-state index in [-0.39, 0.29) is 0 Å². The van der Waals surface area contributed by atoms with Crippen LogP contribution < -0.4 is 5.32 Å². The monoisotopic (exact) mass is 340 g/mol. The van der Waals surface area contributed by atoms with E-state index in [4.69, 9.17) is 4.52 Å². The van der Waals surface area contributed by atoms with E-state index in [1.807, 2.05) is 23.0 Å². The number of nitrogens with one attached hydrogen (secondary N) is 1. The highest BCUT2D eigenvalue weighted by molar-refractivity contribution is 5.61. The van der Waals surface area contributed by atoms with Crippen LogP contribution in [0.15, 0.2) is 29.0 Å². The molecule has 0 fully saturated rings. The molecule has 3 aromatic heterocycles. The molecular formula is C18H24N6O. The molecule has 0 bridgehead atoms. The molecule has 25 heavy (non-hydrogen) atoms. The fourth-order valence-corrected chi connectivity index (χ4v) is 2.71. The molecule has 0 aliphatic rings. The number of anilines is 1. The maximum absolute atomic E-state index is 5.32. The summed E-state index contributed by atoms with van der Waals surface area (Å²) in [5, 5.41) is 11.7. The third-order valence-corrected chi connectivity index (χ3v) is 4.00. The lowest BCUT2D eigenvalue weighted by atomic mass is 10.2. The Labute approximate surface area is 147 Å². The Kier molecular flexibility index (Phi) is 5.42. The molecule has 0 radical (unpaired) electrons. The minimum atomic E-state index is 0.508. The fourth-order valence-electron chi connectivity index (χ4n) is 2.71. The van der Waals surface area contributed by atoms with Gasteiger partial charge >= 0.3 is 0 Å². The minimum absolute atomic E-state index is 0.508. The van der Waals surface area contributed by atoms with E-state index < -0.39 is 0 Å². The zero-order chi connectivity index (χ0) is 17.6. The van der Waals surface area contributed by atoms with Gasteiger partial charge in [-0.2, -0.15) is 5.10 Å².